The largest absolute Gasteiger partial charge is 0.382 e. The average Bonchev–Trinajstić information content (AvgIpc) is 2.00. The number of nitrogens with one attached hydrogen (secondary N) is 1. The van der Waals surface area contributed by atoms with E-state index in [1.807, 2.05) is 0 Å². The molecule has 0 bridgehead atoms. The fourth-order valence-corrected chi connectivity index (χ4v) is 0.822. The smallest absolute Gasteiger partial charge is 0.146 e. The van der Waals surface area contributed by atoms with Crippen LogP contribution in [0.1, 0.15) is 20.8 Å². The molecule has 0 radical (unpaired) electrons. The van der Waals surface area contributed by atoms with Crippen LogP contribution in [0, 0.1) is 5.41 Å². The maximum atomic E-state index is 5.48. The van der Waals surface area contributed by atoms with Crippen LogP contribution in [-0.2, 0) is 0 Å². The normalized spacial score (nSPS) is 11.3. The zero-order valence-corrected chi connectivity index (χ0v) is 8.33. The molecule has 1 heterocycles. The minimum absolute atomic E-state index is 0.228. The van der Waals surface area contributed by atoms with Gasteiger partial charge in [-0.05, 0) is 5.41 Å². The molecule has 0 aliphatic heterocycles. The fraction of sp³-hybridized carbons (Fsp3) is 0.556. The molecule has 13 heavy (non-hydrogen) atoms. The van der Waals surface area contributed by atoms with Crippen molar-refractivity contribution in [1.29, 1.82) is 0 Å². The van der Waals surface area contributed by atoms with Crippen molar-refractivity contribution < 1.29 is 0 Å². The van der Waals surface area contributed by atoms with E-state index in [1.165, 1.54) is 6.20 Å². The first kappa shape index (κ1) is 9.77. The first-order valence-corrected chi connectivity index (χ1v) is 4.29. The van der Waals surface area contributed by atoms with Crippen molar-refractivity contribution >= 4 is 11.6 Å². The molecule has 0 saturated carbocycles. The third-order valence-corrected chi connectivity index (χ3v) is 1.45. The summed E-state index contributed by atoms with van der Waals surface area (Å²) in [7, 11) is 0. The van der Waals surface area contributed by atoms with E-state index in [0.29, 0.717) is 5.82 Å². The number of nitrogen functional groups attached to an aromatic ring is 1. The zero-order chi connectivity index (χ0) is 9.90. The predicted octanol–water partition coefficient (Wildman–Crippen LogP) is 1.52. The summed E-state index contributed by atoms with van der Waals surface area (Å²) in [5.74, 6) is 1.17. The Hall–Kier alpha value is -1.32. The topological polar surface area (TPSA) is 63.8 Å². The third-order valence-electron chi connectivity index (χ3n) is 1.45. The van der Waals surface area contributed by atoms with Gasteiger partial charge in [0.2, 0.25) is 0 Å². The molecule has 1 aromatic heterocycles. The monoisotopic (exact) mass is 180 g/mol. The van der Waals surface area contributed by atoms with Gasteiger partial charge in [-0.25, -0.2) is 4.98 Å². The van der Waals surface area contributed by atoms with Crippen molar-refractivity contribution in [2.75, 3.05) is 17.6 Å². The summed E-state index contributed by atoms with van der Waals surface area (Å²) in [6, 6.07) is 0. The van der Waals surface area contributed by atoms with E-state index in [1.54, 1.807) is 6.20 Å². The van der Waals surface area contributed by atoms with Gasteiger partial charge in [-0.3, -0.25) is 4.98 Å². The highest BCUT2D eigenvalue weighted by Crippen LogP contribution is 2.13. The molecule has 0 aliphatic rings. The molecule has 72 valence electrons. The molecule has 3 N–H and O–H groups in total. The molecule has 1 rings (SSSR count). The molecule has 0 unspecified atom stereocenters. The third kappa shape index (κ3) is 3.73. The Bertz CT molecular complexity index is 277. The Morgan fingerprint density at radius 1 is 1.38 bits per heavy atom. The Balaban J connectivity index is 2.55. The molecule has 0 atom stereocenters. The van der Waals surface area contributed by atoms with Gasteiger partial charge in [0.05, 0.1) is 12.4 Å². The molecular weight excluding hydrogens is 164 g/mol. The Morgan fingerprint density at radius 2 is 2.08 bits per heavy atom. The Kier molecular flexibility index (Phi) is 2.70. The van der Waals surface area contributed by atoms with Gasteiger partial charge >= 0.3 is 0 Å². The lowest BCUT2D eigenvalue weighted by Gasteiger charge is -2.18. The second kappa shape index (κ2) is 3.60. The number of hydrogen-bond donors (Lipinski definition) is 2. The second-order valence-corrected chi connectivity index (χ2v) is 4.24. The summed E-state index contributed by atoms with van der Waals surface area (Å²) in [4.78, 5) is 8.02. The molecule has 0 saturated heterocycles. The number of nitrogens with zero attached hydrogens (tertiary/aromatic N) is 2. The van der Waals surface area contributed by atoms with Crippen LogP contribution in [0.15, 0.2) is 12.4 Å². The minimum atomic E-state index is 0.228. The maximum Gasteiger partial charge on any atom is 0.146 e. The van der Waals surface area contributed by atoms with Crippen LogP contribution in [0.25, 0.3) is 0 Å². The number of hydrogen-bond acceptors (Lipinski definition) is 4. The van der Waals surface area contributed by atoms with Crippen LogP contribution in [0.3, 0.4) is 0 Å². The van der Waals surface area contributed by atoms with E-state index in [9.17, 15) is 0 Å². The molecule has 1 aromatic rings. The highest BCUT2D eigenvalue weighted by atomic mass is 15.0. The van der Waals surface area contributed by atoms with Crippen molar-refractivity contribution in [2.24, 2.45) is 5.41 Å². The molecule has 0 amide bonds. The Morgan fingerprint density at radius 3 is 2.62 bits per heavy atom. The Labute approximate surface area is 78.6 Å². The van der Waals surface area contributed by atoms with Crippen LogP contribution in [0.4, 0.5) is 11.6 Å². The maximum absolute atomic E-state index is 5.48. The SMILES string of the molecule is CC(C)(C)CNc1cncc(N)n1. The van der Waals surface area contributed by atoms with Gasteiger partial charge in [-0.15, -0.1) is 0 Å². The van der Waals surface area contributed by atoms with Gasteiger partial charge in [0.25, 0.3) is 0 Å². The van der Waals surface area contributed by atoms with Gasteiger partial charge in [0, 0.05) is 6.54 Å². The van der Waals surface area contributed by atoms with Gasteiger partial charge in [-0.2, -0.15) is 0 Å². The highest BCUT2D eigenvalue weighted by Gasteiger charge is 2.09. The van der Waals surface area contributed by atoms with Crippen molar-refractivity contribution in [2.45, 2.75) is 20.8 Å². The lowest BCUT2D eigenvalue weighted by atomic mass is 9.97. The highest BCUT2D eigenvalue weighted by molar-refractivity contribution is 5.38. The van der Waals surface area contributed by atoms with Crippen LogP contribution in [0.5, 0.6) is 0 Å². The van der Waals surface area contributed by atoms with Crippen LogP contribution < -0.4 is 11.1 Å². The quantitative estimate of drug-likeness (QED) is 0.724. The lowest BCUT2D eigenvalue weighted by Crippen LogP contribution is -2.19. The molecule has 0 fully saturated rings. The average molecular weight is 180 g/mol. The standard InChI is InChI=1S/C9H16N4/c1-9(2,3)6-12-8-5-11-4-7(10)13-8/h4-5H,6H2,1-3H3,(H3,10,12,13). The molecule has 0 aromatic carbocycles. The second-order valence-electron chi connectivity index (χ2n) is 4.24. The van der Waals surface area contributed by atoms with E-state index in [4.69, 9.17) is 5.73 Å². The van der Waals surface area contributed by atoms with Gasteiger partial charge < -0.3 is 11.1 Å². The fourth-order valence-electron chi connectivity index (χ4n) is 0.822. The van der Waals surface area contributed by atoms with Gasteiger partial charge in [0.15, 0.2) is 0 Å². The first-order valence-electron chi connectivity index (χ1n) is 4.29. The molecular formula is C9H16N4. The van der Waals surface area contributed by atoms with Crippen LogP contribution in [-0.4, -0.2) is 16.5 Å². The summed E-state index contributed by atoms with van der Waals surface area (Å²) in [6.45, 7) is 7.31. The summed E-state index contributed by atoms with van der Waals surface area (Å²) in [5.41, 5.74) is 5.71. The lowest BCUT2D eigenvalue weighted by molar-refractivity contribution is 0.442. The van der Waals surface area contributed by atoms with Gasteiger partial charge in [-0.1, -0.05) is 20.8 Å². The minimum Gasteiger partial charge on any atom is -0.382 e. The molecule has 4 nitrogen and oxygen atoms in total. The molecule has 0 spiro atoms. The van der Waals surface area contributed by atoms with Crippen molar-refractivity contribution in [3.63, 3.8) is 0 Å². The summed E-state index contributed by atoms with van der Waals surface area (Å²) in [5, 5.41) is 3.17. The number of rotatable bonds is 2. The number of aromatic nitrogens is 2. The van der Waals surface area contributed by atoms with Crippen LogP contribution >= 0.6 is 0 Å². The van der Waals surface area contributed by atoms with E-state index in [2.05, 4.69) is 36.1 Å². The van der Waals surface area contributed by atoms with Gasteiger partial charge in [0.1, 0.15) is 11.6 Å². The van der Waals surface area contributed by atoms with Crippen molar-refractivity contribution in [3.05, 3.63) is 12.4 Å². The summed E-state index contributed by atoms with van der Waals surface area (Å²) in [6.07, 6.45) is 3.20. The first-order chi connectivity index (χ1) is 5.97. The van der Waals surface area contributed by atoms with Crippen molar-refractivity contribution in [3.8, 4) is 0 Å². The van der Waals surface area contributed by atoms with E-state index in [-0.39, 0.29) is 5.41 Å². The van der Waals surface area contributed by atoms with Crippen LogP contribution in [0.2, 0.25) is 0 Å². The molecule has 0 aliphatic carbocycles. The number of nitrogens with two attached hydrogens (primary N) is 1. The zero-order valence-electron chi connectivity index (χ0n) is 8.33. The summed E-state index contributed by atoms with van der Waals surface area (Å²) >= 11 is 0. The molecule has 4 heteroatoms. The van der Waals surface area contributed by atoms with Crippen molar-refractivity contribution in [1.82, 2.24) is 9.97 Å². The van der Waals surface area contributed by atoms with E-state index < -0.39 is 0 Å². The predicted molar refractivity (Wildman–Crippen MR) is 54.4 cm³/mol. The number of anilines is 2. The van der Waals surface area contributed by atoms with E-state index >= 15 is 0 Å². The van der Waals surface area contributed by atoms with E-state index in [0.717, 1.165) is 12.4 Å². The summed E-state index contributed by atoms with van der Waals surface area (Å²) < 4.78 is 0.